The molecule has 0 aromatic heterocycles. The summed E-state index contributed by atoms with van der Waals surface area (Å²) < 4.78 is 8.74. The van der Waals surface area contributed by atoms with Gasteiger partial charge in [-0.15, -0.1) is 0 Å². The van der Waals surface area contributed by atoms with Crippen LogP contribution in [0.15, 0.2) is 0 Å². The van der Waals surface area contributed by atoms with Gasteiger partial charge in [0.2, 0.25) is 0 Å². The van der Waals surface area contributed by atoms with E-state index in [9.17, 15) is 0 Å². The van der Waals surface area contributed by atoms with Gasteiger partial charge in [0.1, 0.15) is 0 Å². The van der Waals surface area contributed by atoms with Crippen LogP contribution in [0.25, 0.3) is 0 Å². The van der Waals surface area contributed by atoms with E-state index < -0.39 is 9.17 Å². The van der Waals surface area contributed by atoms with E-state index >= 15 is 0 Å². The Morgan fingerprint density at radius 3 is 1.33 bits per heavy atom. The predicted molar refractivity (Wildman–Crippen MR) is 10.9 cm³/mol. The minimum absolute atomic E-state index is 0. The molecule has 0 fully saturated rings. The molecule has 0 rings (SSSR count). The summed E-state index contributed by atoms with van der Waals surface area (Å²) in [5, 5.41) is 0. The van der Waals surface area contributed by atoms with Gasteiger partial charge in [-0.05, 0) is 0 Å². The van der Waals surface area contributed by atoms with Gasteiger partial charge >= 0.3 is 9.17 Å². The first-order valence-corrected chi connectivity index (χ1v) is 1.95. The van der Waals surface area contributed by atoms with Gasteiger partial charge in [0, 0.05) is 54.4 Å². The molecule has 0 aliphatic carbocycles. The molecule has 0 aliphatic heterocycles. The normalized spacial score (nSPS) is 4.00. The number of hydrogen-bond acceptors (Lipinski definition) is 1. The summed E-state index contributed by atoms with van der Waals surface area (Å²) in [6.07, 6.45) is 0. The molecule has 0 spiro atoms. The topological polar surface area (TPSA) is 57.5 Å². The zero-order chi connectivity index (χ0) is 3.58. The Balaban J connectivity index is -0.0000000450. The van der Waals surface area contributed by atoms with Crippen LogP contribution in [0.1, 0.15) is 0 Å². The van der Waals surface area contributed by atoms with E-state index in [2.05, 4.69) is 0 Å². The molecule has 0 bridgehead atoms. The van der Waals surface area contributed by atoms with E-state index in [1.165, 1.54) is 0 Å². The van der Waals surface area contributed by atoms with Gasteiger partial charge in [-0.3, -0.25) is 4.46 Å². The van der Waals surface area contributed by atoms with Crippen molar-refractivity contribution in [3.05, 3.63) is 0 Å². The van der Waals surface area contributed by atoms with E-state index in [1.54, 1.807) is 0 Å². The van der Waals surface area contributed by atoms with Gasteiger partial charge in [0.25, 0.3) is 0 Å². The second-order valence-corrected chi connectivity index (χ2v) is 0.848. The summed E-state index contributed by atoms with van der Waals surface area (Å²) in [6.45, 7) is 0. The fourth-order valence-corrected chi connectivity index (χ4v) is 0. The molecule has 0 heterocycles. The summed E-state index contributed by atoms with van der Waals surface area (Å²) in [5.74, 6) is 0. The molecule has 6 heavy (non-hydrogen) atoms. The van der Waals surface area contributed by atoms with Gasteiger partial charge in [-0.2, -0.15) is 0 Å². The van der Waals surface area contributed by atoms with Crippen LogP contribution in [-0.2, 0) is 58.9 Å². The standard InChI is InChI=1S/H2O3Si.Ti.Y/c1-4(2)3;;/h1-2H;;. The van der Waals surface area contributed by atoms with Gasteiger partial charge in [0.05, 0.1) is 0 Å². The van der Waals surface area contributed by atoms with Crippen LogP contribution in [0.5, 0.6) is 0 Å². The maximum absolute atomic E-state index is 8.74. The van der Waals surface area contributed by atoms with Crippen molar-refractivity contribution in [2.75, 3.05) is 0 Å². The molecule has 0 atom stereocenters. The monoisotopic (exact) mass is 215 g/mol. The molecule has 2 N–H and O–H groups in total. The zero-order valence-corrected chi connectivity index (χ0v) is 8.28. The number of hydrogen-bond donors (Lipinski definition) is 2. The Hall–Kier alpha value is 1.44. The SMILES string of the molecule is O=[Si](O)O.[Ti].[Y]. The van der Waals surface area contributed by atoms with Crippen LogP contribution in [0.4, 0.5) is 0 Å². The van der Waals surface area contributed by atoms with E-state index in [0.717, 1.165) is 0 Å². The molecular formula is H2O3SiTiY. The summed E-state index contributed by atoms with van der Waals surface area (Å²) in [4.78, 5) is 14.3. The second-order valence-electron chi connectivity index (χ2n) is 0.283. The third-order valence-electron chi connectivity index (χ3n) is 0. The number of rotatable bonds is 0. The molecule has 0 unspecified atom stereocenters. The molecule has 0 saturated heterocycles. The van der Waals surface area contributed by atoms with Crippen molar-refractivity contribution < 1.29 is 68.5 Å². The fraction of sp³-hybridized carbons (Fsp3) is 0. The Bertz CT molecular complexity index is 33.8. The predicted octanol–water partition coefficient (Wildman–Crippen LogP) is -1.62. The zero-order valence-electron chi connectivity index (χ0n) is 2.88. The van der Waals surface area contributed by atoms with Crippen LogP contribution >= 0.6 is 0 Å². The van der Waals surface area contributed by atoms with E-state index in [1.807, 2.05) is 0 Å². The van der Waals surface area contributed by atoms with Crippen molar-refractivity contribution in [2.45, 2.75) is 0 Å². The molecule has 0 aliphatic rings. The van der Waals surface area contributed by atoms with Crippen molar-refractivity contribution in [1.29, 1.82) is 0 Å². The largest absolute Gasteiger partial charge is 0.761 e. The smallest absolute Gasteiger partial charge is 0.511 e. The molecule has 0 aromatic carbocycles. The summed E-state index contributed by atoms with van der Waals surface area (Å²) >= 11 is 0. The third kappa shape index (κ3) is 51.9. The first-order chi connectivity index (χ1) is 1.73. The molecule has 31 valence electrons. The van der Waals surface area contributed by atoms with Gasteiger partial charge < -0.3 is 9.59 Å². The third-order valence-corrected chi connectivity index (χ3v) is 0. The van der Waals surface area contributed by atoms with Crippen molar-refractivity contribution in [3.63, 3.8) is 0 Å². The maximum atomic E-state index is 8.74. The average Bonchev–Trinajstić information content (AvgIpc) is 0.811. The molecule has 1 radical (unpaired) electrons. The van der Waals surface area contributed by atoms with E-state index in [4.69, 9.17) is 14.1 Å². The van der Waals surface area contributed by atoms with Gasteiger partial charge in [-0.1, -0.05) is 0 Å². The van der Waals surface area contributed by atoms with E-state index in [0.29, 0.717) is 0 Å². The van der Waals surface area contributed by atoms with Crippen LogP contribution < -0.4 is 0 Å². The van der Waals surface area contributed by atoms with Crippen LogP contribution in [0.3, 0.4) is 0 Å². The second kappa shape index (κ2) is 9.66. The molecule has 0 aromatic rings. The van der Waals surface area contributed by atoms with Crippen molar-refractivity contribution in [2.24, 2.45) is 0 Å². The molecule has 6 heteroatoms. The first kappa shape index (κ1) is 15.7. The molecular weight excluding hydrogens is 213 g/mol. The van der Waals surface area contributed by atoms with Crippen molar-refractivity contribution in [1.82, 2.24) is 0 Å². The quantitative estimate of drug-likeness (QED) is 0.477. The Morgan fingerprint density at radius 1 is 1.33 bits per heavy atom. The molecule has 3 nitrogen and oxygen atoms in total. The van der Waals surface area contributed by atoms with Gasteiger partial charge in [0.15, 0.2) is 0 Å². The first-order valence-electron chi connectivity index (χ1n) is 0.651. The Morgan fingerprint density at radius 2 is 1.33 bits per heavy atom. The fourth-order valence-electron chi connectivity index (χ4n) is 0. The molecule has 0 amide bonds. The van der Waals surface area contributed by atoms with Crippen LogP contribution in [-0.4, -0.2) is 18.8 Å². The van der Waals surface area contributed by atoms with E-state index in [-0.39, 0.29) is 54.4 Å². The average molecular weight is 215 g/mol. The maximum Gasteiger partial charge on any atom is 0.761 e. The minimum atomic E-state index is -3.13. The summed E-state index contributed by atoms with van der Waals surface area (Å²) in [7, 11) is -3.13. The minimum Gasteiger partial charge on any atom is -0.511 e. The summed E-state index contributed by atoms with van der Waals surface area (Å²) in [5.41, 5.74) is 0. The Kier molecular flexibility index (Phi) is 25.2. The van der Waals surface area contributed by atoms with Crippen molar-refractivity contribution >= 4 is 9.17 Å². The Labute approximate surface area is 76.8 Å². The summed E-state index contributed by atoms with van der Waals surface area (Å²) in [6, 6.07) is 0. The van der Waals surface area contributed by atoms with Crippen molar-refractivity contribution in [3.8, 4) is 0 Å². The van der Waals surface area contributed by atoms with Crippen LogP contribution in [0, 0.1) is 0 Å². The van der Waals surface area contributed by atoms with Gasteiger partial charge in [-0.25, -0.2) is 0 Å². The van der Waals surface area contributed by atoms with Crippen LogP contribution in [0.2, 0.25) is 0 Å². The molecule has 0 saturated carbocycles.